The summed E-state index contributed by atoms with van der Waals surface area (Å²) in [4.78, 5) is 22.5. The van der Waals surface area contributed by atoms with Crippen LogP contribution >= 0.6 is 22.9 Å². The molecule has 0 aliphatic carbocycles. The average molecular weight is 448 g/mol. The van der Waals surface area contributed by atoms with E-state index < -0.39 is 5.91 Å². The van der Waals surface area contributed by atoms with Crippen LogP contribution in [0.1, 0.15) is 10.6 Å². The molecule has 0 saturated carbocycles. The number of hydrogen-bond acceptors (Lipinski definition) is 6. The number of para-hydroxylation sites is 1. The van der Waals surface area contributed by atoms with E-state index in [1.165, 1.54) is 24.0 Å². The van der Waals surface area contributed by atoms with Gasteiger partial charge in [0.05, 0.1) is 21.9 Å². The first-order chi connectivity index (χ1) is 15.2. The summed E-state index contributed by atoms with van der Waals surface area (Å²) in [7, 11) is 0. The van der Waals surface area contributed by atoms with Gasteiger partial charge in [-0.25, -0.2) is 19.3 Å². The molecule has 8 nitrogen and oxygen atoms in total. The van der Waals surface area contributed by atoms with Crippen LogP contribution in [0.2, 0.25) is 5.02 Å². The Morgan fingerprint density at radius 1 is 1.06 bits per heavy atom. The van der Waals surface area contributed by atoms with E-state index in [2.05, 4.69) is 25.5 Å². The summed E-state index contributed by atoms with van der Waals surface area (Å²) in [6, 6.07) is 18.5. The van der Waals surface area contributed by atoms with Crippen molar-refractivity contribution in [2.75, 3.05) is 5.32 Å². The first-order valence-electron chi connectivity index (χ1n) is 9.21. The van der Waals surface area contributed by atoms with Crippen molar-refractivity contribution in [2.24, 2.45) is 0 Å². The van der Waals surface area contributed by atoms with E-state index in [1.54, 1.807) is 27.6 Å². The number of nitrogens with one attached hydrogen (secondary N) is 1. The van der Waals surface area contributed by atoms with E-state index in [1.807, 2.05) is 47.8 Å². The quantitative estimate of drug-likeness (QED) is 0.429. The molecule has 1 amide bonds. The lowest BCUT2D eigenvalue weighted by Gasteiger charge is -2.10. The fourth-order valence-corrected chi connectivity index (χ4v) is 3.91. The minimum atomic E-state index is -0.462. The van der Waals surface area contributed by atoms with Crippen LogP contribution in [0.3, 0.4) is 0 Å². The Hall–Kier alpha value is -3.82. The van der Waals surface area contributed by atoms with Crippen LogP contribution < -0.4 is 5.32 Å². The first kappa shape index (κ1) is 19.2. The number of hydrogen-bond donors (Lipinski definition) is 1. The Morgan fingerprint density at radius 3 is 2.68 bits per heavy atom. The molecule has 5 aromatic rings. The number of halogens is 1. The molecular formula is C21H14ClN7OS. The lowest BCUT2D eigenvalue weighted by Crippen LogP contribution is -2.16. The van der Waals surface area contributed by atoms with Crippen molar-refractivity contribution in [1.29, 1.82) is 0 Å². The smallest absolute Gasteiger partial charge is 0.295 e. The molecular weight excluding hydrogens is 434 g/mol. The van der Waals surface area contributed by atoms with Crippen LogP contribution in [-0.4, -0.2) is 35.4 Å². The van der Waals surface area contributed by atoms with Gasteiger partial charge in [-0.3, -0.25) is 4.79 Å². The summed E-state index contributed by atoms with van der Waals surface area (Å²) in [5.74, 6) is 0.168. The number of carbonyl (C=O) groups is 1. The number of benzene rings is 2. The molecule has 3 aromatic heterocycles. The number of nitrogens with zero attached hydrogens (tertiary/aromatic N) is 6. The Morgan fingerprint density at radius 2 is 1.94 bits per heavy atom. The van der Waals surface area contributed by atoms with Crippen LogP contribution in [0.5, 0.6) is 0 Å². The van der Waals surface area contributed by atoms with Crippen molar-refractivity contribution in [2.45, 2.75) is 0 Å². The van der Waals surface area contributed by atoms with Crippen molar-refractivity contribution in [3.8, 4) is 22.1 Å². The van der Waals surface area contributed by atoms with Crippen molar-refractivity contribution >= 4 is 34.5 Å². The van der Waals surface area contributed by atoms with Crippen molar-refractivity contribution in [1.82, 2.24) is 29.5 Å². The molecule has 152 valence electrons. The van der Waals surface area contributed by atoms with Crippen LogP contribution in [0, 0.1) is 0 Å². The van der Waals surface area contributed by atoms with Crippen molar-refractivity contribution < 1.29 is 4.79 Å². The molecule has 0 spiro atoms. The van der Waals surface area contributed by atoms with Crippen LogP contribution in [0.15, 0.2) is 78.7 Å². The second kappa shape index (κ2) is 8.13. The number of rotatable bonds is 5. The van der Waals surface area contributed by atoms with Gasteiger partial charge in [-0.15, -0.1) is 16.4 Å². The topological polar surface area (TPSA) is 90.5 Å². The lowest BCUT2D eigenvalue weighted by molar-refractivity contribution is 0.101. The molecule has 0 fully saturated rings. The van der Waals surface area contributed by atoms with Crippen LogP contribution in [0.4, 0.5) is 5.69 Å². The monoisotopic (exact) mass is 447 g/mol. The zero-order valence-electron chi connectivity index (χ0n) is 15.9. The molecule has 31 heavy (non-hydrogen) atoms. The second-order valence-electron chi connectivity index (χ2n) is 6.44. The minimum Gasteiger partial charge on any atom is -0.317 e. The molecule has 0 radical (unpaired) electrons. The lowest BCUT2D eigenvalue weighted by atomic mass is 10.2. The maximum Gasteiger partial charge on any atom is 0.295 e. The largest absolute Gasteiger partial charge is 0.317 e. The summed E-state index contributed by atoms with van der Waals surface area (Å²) < 4.78 is 3.20. The van der Waals surface area contributed by atoms with E-state index >= 15 is 0 Å². The number of thiophene rings is 1. The SMILES string of the molecule is O=C(Nc1cc(Cl)ccc1-n1cncn1)c1nc(-c2cccs2)n(-c2ccccc2)n1. The third kappa shape index (κ3) is 3.83. The van der Waals surface area contributed by atoms with Crippen molar-refractivity contribution in [3.05, 3.63) is 89.5 Å². The van der Waals surface area contributed by atoms with E-state index in [0.29, 0.717) is 22.2 Å². The molecule has 10 heteroatoms. The number of anilines is 1. The highest BCUT2D eigenvalue weighted by atomic mass is 35.5. The van der Waals surface area contributed by atoms with E-state index in [9.17, 15) is 4.79 Å². The maximum atomic E-state index is 13.1. The highest BCUT2D eigenvalue weighted by Crippen LogP contribution is 2.27. The van der Waals surface area contributed by atoms with E-state index in [4.69, 9.17) is 11.6 Å². The summed E-state index contributed by atoms with van der Waals surface area (Å²) in [5.41, 5.74) is 1.90. The summed E-state index contributed by atoms with van der Waals surface area (Å²) >= 11 is 7.68. The van der Waals surface area contributed by atoms with Gasteiger partial charge in [0.25, 0.3) is 5.91 Å². The van der Waals surface area contributed by atoms with Crippen molar-refractivity contribution in [3.63, 3.8) is 0 Å². The average Bonchev–Trinajstić information content (AvgIpc) is 3.55. The van der Waals surface area contributed by atoms with E-state index in [0.717, 1.165) is 10.6 Å². The number of aromatic nitrogens is 6. The van der Waals surface area contributed by atoms with Gasteiger partial charge in [0, 0.05) is 5.02 Å². The third-order valence-corrected chi connectivity index (χ3v) is 5.53. The predicted octanol–water partition coefficient (Wildman–Crippen LogP) is 4.48. The third-order valence-electron chi connectivity index (χ3n) is 4.42. The Labute approximate surface area is 185 Å². The highest BCUT2D eigenvalue weighted by molar-refractivity contribution is 7.13. The van der Waals surface area contributed by atoms with Crippen LogP contribution in [-0.2, 0) is 0 Å². The molecule has 2 aromatic carbocycles. The van der Waals surface area contributed by atoms with E-state index in [-0.39, 0.29) is 5.82 Å². The van der Waals surface area contributed by atoms with Crippen LogP contribution in [0.25, 0.3) is 22.1 Å². The normalized spacial score (nSPS) is 10.9. The summed E-state index contributed by atoms with van der Waals surface area (Å²) in [6.07, 6.45) is 2.95. The summed E-state index contributed by atoms with van der Waals surface area (Å²) in [5, 5.41) is 13.9. The Kier molecular flexibility index (Phi) is 5.03. The minimum absolute atomic E-state index is 0.0387. The predicted molar refractivity (Wildman–Crippen MR) is 119 cm³/mol. The zero-order chi connectivity index (χ0) is 21.2. The summed E-state index contributed by atoms with van der Waals surface area (Å²) in [6.45, 7) is 0. The number of carbonyl (C=O) groups excluding carboxylic acids is 1. The standard InChI is InChI=1S/C21H14ClN7OS/c22-14-8-9-17(28-13-23-12-24-28)16(11-14)25-21(30)19-26-20(18-7-4-10-31-18)29(27-19)15-5-2-1-3-6-15/h1-13H,(H,25,30). The first-order valence-corrected chi connectivity index (χ1v) is 10.5. The maximum absolute atomic E-state index is 13.1. The fraction of sp³-hybridized carbons (Fsp3) is 0. The van der Waals surface area contributed by atoms with Gasteiger partial charge < -0.3 is 5.32 Å². The molecule has 0 atom stereocenters. The number of amides is 1. The van der Waals surface area contributed by atoms with Gasteiger partial charge >= 0.3 is 0 Å². The Balaban J connectivity index is 1.53. The molecule has 0 aliphatic heterocycles. The fourth-order valence-electron chi connectivity index (χ4n) is 3.04. The highest BCUT2D eigenvalue weighted by Gasteiger charge is 2.20. The molecule has 0 bridgehead atoms. The Bertz CT molecular complexity index is 1330. The second-order valence-corrected chi connectivity index (χ2v) is 7.82. The van der Waals surface area contributed by atoms with Gasteiger partial charge in [0.2, 0.25) is 5.82 Å². The molecule has 5 rings (SSSR count). The van der Waals surface area contributed by atoms with Gasteiger partial charge in [-0.1, -0.05) is 35.9 Å². The van der Waals surface area contributed by atoms with Gasteiger partial charge in [0.1, 0.15) is 12.7 Å². The molecule has 0 unspecified atom stereocenters. The van der Waals surface area contributed by atoms with Gasteiger partial charge in [-0.05, 0) is 41.8 Å². The molecule has 3 heterocycles. The molecule has 0 saturated heterocycles. The molecule has 0 aliphatic rings. The molecule has 1 N–H and O–H groups in total. The van der Waals surface area contributed by atoms with Gasteiger partial charge in [0.15, 0.2) is 5.82 Å². The van der Waals surface area contributed by atoms with Gasteiger partial charge in [-0.2, -0.15) is 5.10 Å². The zero-order valence-corrected chi connectivity index (χ0v) is 17.5.